The molecular formula is C22H23. The van der Waals surface area contributed by atoms with Crippen LogP contribution in [0.2, 0.25) is 0 Å². The number of aryl methyl sites for hydroxylation is 2. The highest BCUT2D eigenvalue weighted by Gasteiger charge is 1.95. The molecule has 2 aromatic carbocycles. The van der Waals surface area contributed by atoms with Crippen LogP contribution in [-0.2, 0) is 12.8 Å². The fourth-order valence-corrected chi connectivity index (χ4v) is 2.29. The first-order valence-electron chi connectivity index (χ1n) is 8.03. The van der Waals surface area contributed by atoms with E-state index in [0.717, 1.165) is 30.4 Å². The lowest BCUT2D eigenvalue weighted by Crippen LogP contribution is -1.86. The van der Waals surface area contributed by atoms with Crippen molar-refractivity contribution in [1.82, 2.24) is 0 Å². The second-order valence-electron chi connectivity index (χ2n) is 5.51. The van der Waals surface area contributed by atoms with E-state index >= 15 is 0 Å². The number of rotatable bonds is 6. The van der Waals surface area contributed by atoms with Crippen molar-refractivity contribution in [2.45, 2.75) is 39.0 Å². The second kappa shape index (κ2) is 8.90. The summed E-state index contributed by atoms with van der Waals surface area (Å²) in [4.78, 5) is 0. The monoisotopic (exact) mass is 287 g/mol. The Bertz CT molecular complexity index is 650. The highest BCUT2D eigenvalue weighted by atomic mass is 14.0. The first kappa shape index (κ1) is 16.1. The molecule has 0 aliphatic heterocycles. The molecule has 0 unspecified atom stereocenters. The molecule has 0 atom stereocenters. The Kier molecular flexibility index (Phi) is 6.52. The molecule has 1 radical (unpaired) electrons. The van der Waals surface area contributed by atoms with Gasteiger partial charge in [0.25, 0.3) is 0 Å². The average molecular weight is 287 g/mol. The highest BCUT2D eigenvalue weighted by molar-refractivity contribution is 5.44. The molecule has 0 amide bonds. The summed E-state index contributed by atoms with van der Waals surface area (Å²) in [5.41, 5.74) is 4.76. The molecule has 0 spiro atoms. The zero-order chi connectivity index (χ0) is 15.6. The Morgan fingerprint density at radius 3 is 2.50 bits per heavy atom. The largest absolute Gasteiger partial charge is 0.103 e. The molecule has 0 N–H and O–H groups in total. The van der Waals surface area contributed by atoms with Crippen LogP contribution in [-0.4, -0.2) is 0 Å². The molecule has 0 bridgehead atoms. The van der Waals surface area contributed by atoms with Gasteiger partial charge in [0.1, 0.15) is 0 Å². The zero-order valence-corrected chi connectivity index (χ0v) is 13.4. The van der Waals surface area contributed by atoms with E-state index in [4.69, 9.17) is 0 Å². The van der Waals surface area contributed by atoms with E-state index in [1.54, 1.807) is 0 Å². The van der Waals surface area contributed by atoms with Crippen LogP contribution in [0, 0.1) is 17.9 Å². The molecule has 0 saturated carbocycles. The van der Waals surface area contributed by atoms with Gasteiger partial charge in [0.2, 0.25) is 0 Å². The summed E-state index contributed by atoms with van der Waals surface area (Å²) in [6.07, 6.45) is 7.57. The van der Waals surface area contributed by atoms with E-state index in [1.807, 2.05) is 12.1 Å². The summed E-state index contributed by atoms with van der Waals surface area (Å²) < 4.78 is 0. The summed E-state index contributed by atoms with van der Waals surface area (Å²) in [7, 11) is 0. The second-order valence-corrected chi connectivity index (χ2v) is 5.51. The highest BCUT2D eigenvalue weighted by Crippen LogP contribution is 2.09. The lowest BCUT2D eigenvalue weighted by Gasteiger charge is -2.00. The van der Waals surface area contributed by atoms with Crippen molar-refractivity contribution in [3.63, 3.8) is 0 Å². The van der Waals surface area contributed by atoms with Crippen LogP contribution in [0.5, 0.6) is 0 Å². The van der Waals surface area contributed by atoms with Crippen LogP contribution < -0.4 is 0 Å². The van der Waals surface area contributed by atoms with E-state index in [1.165, 1.54) is 24.0 Å². The van der Waals surface area contributed by atoms with Gasteiger partial charge in [-0.25, -0.2) is 0 Å². The predicted molar refractivity (Wildman–Crippen MR) is 94.8 cm³/mol. The van der Waals surface area contributed by atoms with E-state index in [2.05, 4.69) is 67.8 Å². The molecule has 0 saturated heterocycles. The smallest absolute Gasteiger partial charge is 0.0257 e. The summed E-state index contributed by atoms with van der Waals surface area (Å²) >= 11 is 0. The number of hydrogen-bond acceptors (Lipinski definition) is 0. The van der Waals surface area contributed by atoms with E-state index in [9.17, 15) is 0 Å². The van der Waals surface area contributed by atoms with Crippen LogP contribution in [0.15, 0.2) is 55.1 Å². The van der Waals surface area contributed by atoms with Crippen molar-refractivity contribution in [3.05, 3.63) is 83.4 Å². The van der Waals surface area contributed by atoms with Gasteiger partial charge < -0.3 is 0 Å². The molecule has 0 heterocycles. The fraction of sp³-hybridized carbons (Fsp3) is 0.273. The summed E-state index contributed by atoms with van der Waals surface area (Å²) in [5, 5.41) is 0. The van der Waals surface area contributed by atoms with Crippen LogP contribution >= 0.6 is 0 Å². The molecular weight excluding hydrogens is 264 g/mol. The topological polar surface area (TPSA) is 0 Å². The van der Waals surface area contributed by atoms with Crippen LogP contribution in [0.1, 0.15) is 48.4 Å². The first-order valence-corrected chi connectivity index (χ1v) is 8.03. The van der Waals surface area contributed by atoms with Gasteiger partial charge in [-0.15, -0.1) is 6.58 Å². The van der Waals surface area contributed by atoms with Crippen molar-refractivity contribution >= 4 is 0 Å². The van der Waals surface area contributed by atoms with E-state index in [0.29, 0.717) is 0 Å². The predicted octanol–water partition coefficient (Wildman–Crippen LogP) is 5.35. The maximum Gasteiger partial charge on any atom is 0.0257 e. The van der Waals surface area contributed by atoms with Gasteiger partial charge in [0.15, 0.2) is 0 Å². The van der Waals surface area contributed by atoms with Crippen molar-refractivity contribution in [2.75, 3.05) is 0 Å². The minimum absolute atomic E-state index is 1.02. The molecule has 0 aromatic heterocycles. The van der Waals surface area contributed by atoms with Gasteiger partial charge in [-0.2, -0.15) is 0 Å². The normalized spacial score (nSPS) is 9.86. The third kappa shape index (κ3) is 5.26. The van der Waals surface area contributed by atoms with Crippen LogP contribution in [0.3, 0.4) is 0 Å². The maximum atomic E-state index is 3.76. The van der Waals surface area contributed by atoms with Gasteiger partial charge >= 0.3 is 0 Å². The van der Waals surface area contributed by atoms with Gasteiger partial charge in [0.05, 0.1) is 0 Å². The minimum atomic E-state index is 1.02. The fourth-order valence-electron chi connectivity index (χ4n) is 2.29. The molecule has 0 fully saturated rings. The minimum Gasteiger partial charge on any atom is -0.103 e. The Labute approximate surface area is 134 Å². The standard InChI is InChI=1S/C22H23/c1-3-5-8-19-12-14-20(15-13-19)16-17-22-11-7-10-21(18-22)9-6-4-2/h3,10-15,18H,1,4-6,8-9H2,2H3. The van der Waals surface area contributed by atoms with Crippen molar-refractivity contribution in [3.8, 4) is 11.8 Å². The molecule has 0 aliphatic rings. The molecule has 22 heavy (non-hydrogen) atoms. The third-order valence-corrected chi connectivity index (χ3v) is 3.61. The Balaban J connectivity index is 2.04. The van der Waals surface area contributed by atoms with Gasteiger partial charge in [-0.1, -0.05) is 49.5 Å². The maximum absolute atomic E-state index is 3.76. The van der Waals surface area contributed by atoms with E-state index < -0.39 is 0 Å². The lowest BCUT2D eigenvalue weighted by atomic mass is 10.0. The number of hydrogen-bond donors (Lipinski definition) is 0. The number of unbranched alkanes of at least 4 members (excludes halogenated alkanes) is 1. The molecule has 2 aromatic rings. The Morgan fingerprint density at radius 1 is 1.00 bits per heavy atom. The van der Waals surface area contributed by atoms with Gasteiger partial charge in [-0.3, -0.25) is 0 Å². The third-order valence-electron chi connectivity index (χ3n) is 3.61. The molecule has 0 nitrogen and oxygen atoms in total. The van der Waals surface area contributed by atoms with E-state index in [-0.39, 0.29) is 0 Å². The van der Waals surface area contributed by atoms with Crippen LogP contribution in [0.4, 0.5) is 0 Å². The number of allylic oxidation sites excluding steroid dienone is 1. The van der Waals surface area contributed by atoms with Crippen LogP contribution in [0.25, 0.3) is 0 Å². The lowest BCUT2D eigenvalue weighted by molar-refractivity contribution is 0.795. The zero-order valence-electron chi connectivity index (χ0n) is 13.4. The van der Waals surface area contributed by atoms with Gasteiger partial charge in [0, 0.05) is 11.1 Å². The SMILES string of the molecule is C=CCCc1ccc(C#Cc2c[c]cc(CCCC)c2)cc1. The summed E-state index contributed by atoms with van der Waals surface area (Å²) in [6, 6.07) is 17.9. The first-order chi connectivity index (χ1) is 10.8. The molecule has 0 aliphatic carbocycles. The molecule has 0 heteroatoms. The van der Waals surface area contributed by atoms with Crippen molar-refractivity contribution in [2.24, 2.45) is 0 Å². The molecule has 111 valence electrons. The number of benzene rings is 2. The Morgan fingerprint density at radius 2 is 1.77 bits per heavy atom. The van der Waals surface area contributed by atoms with Crippen molar-refractivity contribution in [1.29, 1.82) is 0 Å². The van der Waals surface area contributed by atoms with Gasteiger partial charge in [-0.05, 0) is 67.1 Å². The molecule has 2 rings (SSSR count). The summed E-state index contributed by atoms with van der Waals surface area (Å²) in [5.74, 6) is 6.48. The average Bonchev–Trinajstić information content (AvgIpc) is 2.57. The quantitative estimate of drug-likeness (QED) is 0.496. The summed E-state index contributed by atoms with van der Waals surface area (Å²) in [6.45, 7) is 5.97. The van der Waals surface area contributed by atoms with Crippen molar-refractivity contribution < 1.29 is 0 Å². The Hall–Kier alpha value is -2.26.